The second kappa shape index (κ2) is 9.03. The maximum atomic E-state index is 12.4. The maximum absolute atomic E-state index is 12.4. The number of carbonyl (C=O) groups excluding carboxylic acids is 1. The number of fused-ring (bicyclic) bond motifs is 1. The normalized spacial score (nSPS) is 16.3. The monoisotopic (exact) mass is 405 g/mol. The summed E-state index contributed by atoms with van der Waals surface area (Å²) in [4.78, 5) is 19.6. The van der Waals surface area contributed by atoms with Crippen molar-refractivity contribution >= 4 is 28.3 Å². The number of nitrogens with zero attached hydrogens (tertiary/aromatic N) is 2. The molecule has 0 bridgehead atoms. The number of carbonyl (C=O) groups is 1. The lowest BCUT2D eigenvalue weighted by atomic mass is 10.0. The molecule has 6 heteroatoms. The lowest BCUT2D eigenvalue weighted by Gasteiger charge is -2.34. The van der Waals surface area contributed by atoms with Gasteiger partial charge in [-0.2, -0.15) is 0 Å². The van der Waals surface area contributed by atoms with Gasteiger partial charge in [0.15, 0.2) is 6.61 Å². The molecule has 1 fully saturated rings. The molecule has 30 heavy (non-hydrogen) atoms. The van der Waals surface area contributed by atoms with Crippen LogP contribution >= 0.6 is 0 Å². The van der Waals surface area contributed by atoms with Gasteiger partial charge >= 0.3 is 0 Å². The van der Waals surface area contributed by atoms with Gasteiger partial charge in [0.05, 0.1) is 7.11 Å². The fourth-order valence-electron chi connectivity index (χ4n) is 3.87. The van der Waals surface area contributed by atoms with Gasteiger partial charge in [-0.05, 0) is 56.5 Å². The summed E-state index contributed by atoms with van der Waals surface area (Å²) in [5.74, 6) is 2.03. The summed E-state index contributed by atoms with van der Waals surface area (Å²) in [5, 5.41) is 3.83. The number of hydrogen-bond acceptors (Lipinski definition) is 5. The summed E-state index contributed by atoms with van der Waals surface area (Å²) in [6, 6.07) is 17.6. The Labute approximate surface area is 176 Å². The van der Waals surface area contributed by atoms with E-state index in [9.17, 15) is 4.79 Å². The number of aromatic nitrogens is 1. The highest BCUT2D eigenvalue weighted by atomic mass is 16.5. The van der Waals surface area contributed by atoms with E-state index in [4.69, 9.17) is 14.5 Å². The van der Waals surface area contributed by atoms with Crippen molar-refractivity contribution < 1.29 is 14.3 Å². The van der Waals surface area contributed by atoms with Crippen molar-refractivity contribution in [2.24, 2.45) is 0 Å². The first kappa shape index (κ1) is 20.0. The van der Waals surface area contributed by atoms with Crippen LogP contribution in [0.15, 0.2) is 54.6 Å². The average molecular weight is 405 g/mol. The first-order valence-corrected chi connectivity index (χ1v) is 10.4. The van der Waals surface area contributed by atoms with Crippen LogP contribution in [-0.4, -0.2) is 37.2 Å². The standard InChI is InChI=1S/C24H27N3O3/c1-17-7-3-4-14-27(17)22-13-12-18-8-5-11-21(24(18)26-22)30-16-23(28)25-19-9-6-10-20(15-19)29-2/h5-6,8-13,15,17H,3-4,7,14,16H2,1-2H3,(H,25,28). The largest absolute Gasteiger partial charge is 0.497 e. The fourth-order valence-corrected chi connectivity index (χ4v) is 3.87. The third kappa shape index (κ3) is 4.48. The lowest BCUT2D eigenvalue weighted by molar-refractivity contribution is -0.118. The van der Waals surface area contributed by atoms with Crippen LogP contribution in [0.1, 0.15) is 26.2 Å². The molecular formula is C24H27N3O3. The number of anilines is 2. The zero-order chi connectivity index (χ0) is 20.9. The Balaban J connectivity index is 1.49. The molecule has 1 atom stereocenters. The van der Waals surface area contributed by atoms with Crippen molar-refractivity contribution in [3.05, 3.63) is 54.6 Å². The van der Waals surface area contributed by atoms with Crippen LogP contribution in [-0.2, 0) is 4.79 Å². The number of piperidine rings is 1. The molecule has 3 aromatic rings. The van der Waals surface area contributed by atoms with Crippen LogP contribution in [0.4, 0.5) is 11.5 Å². The van der Waals surface area contributed by atoms with Gasteiger partial charge in [0.25, 0.3) is 5.91 Å². The number of benzene rings is 2. The van der Waals surface area contributed by atoms with Crippen molar-refractivity contribution in [2.45, 2.75) is 32.2 Å². The van der Waals surface area contributed by atoms with Crippen molar-refractivity contribution in [3.63, 3.8) is 0 Å². The van der Waals surface area contributed by atoms with Crippen LogP contribution in [0, 0.1) is 0 Å². The fraction of sp³-hybridized carbons (Fsp3) is 0.333. The van der Waals surface area contributed by atoms with Crippen LogP contribution in [0.3, 0.4) is 0 Å². The highest BCUT2D eigenvalue weighted by Gasteiger charge is 2.20. The molecule has 0 radical (unpaired) electrons. The Bertz CT molecular complexity index is 1040. The van der Waals surface area contributed by atoms with E-state index < -0.39 is 0 Å². The van der Waals surface area contributed by atoms with Crippen molar-refractivity contribution in [2.75, 3.05) is 30.5 Å². The number of ether oxygens (including phenoxy) is 2. The van der Waals surface area contributed by atoms with Crippen LogP contribution in [0.25, 0.3) is 10.9 Å². The Hall–Kier alpha value is -3.28. The minimum absolute atomic E-state index is 0.0949. The minimum atomic E-state index is -0.235. The predicted molar refractivity (Wildman–Crippen MR) is 120 cm³/mol. The summed E-state index contributed by atoms with van der Waals surface area (Å²) in [7, 11) is 1.59. The Morgan fingerprint density at radius 3 is 2.87 bits per heavy atom. The topological polar surface area (TPSA) is 63.7 Å². The van der Waals surface area contributed by atoms with Crippen LogP contribution in [0.2, 0.25) is 0 Å². The van der Waals surface area contributed by atoms with Gasteiger partial charge in [-0.1, -0.05) is 18.2 Å². The van der Waals surface area contributed by atoms with E-state index in [1.54, 1.807) is 13.2 Å². The quantitative estimate of drug-likeness (QED) is 0.647. The molecule has 6 nitrogen and oxygen atoms in total. The second-order valence-corrected chi connectivity index (χ2v) is 7.60. The Kier molecular flexibility index (Phi) is 6.02. The molecule has 2 heterocycles. The number of pyridine rings is 1. The van der Waals surface area contributed by atoms with E-state index in [-0.39, 0.29) is 12.5 Å². The Morgan fingerprint density at radius 2 is 2.03 bits per heavy atom. The molecule has 1 aliphatic heterocycles. The Morgan fingerprint density at radius 1 is 1.17 bits per heavy atom. The van der Waals surface area contributed by atoms with Crippen LogP contribution < -0.4 is 19.7 Å². The molecular weight excluding hydrogens is 378 g/mol. The zero-order valence-corrected chi connectivity index (χ0v) is 17.4. The molecule has 1 amide bonds. The number of rotatable bonds is 6. The molecule has 2 aromatic carbocycles. The minimum Gasteiger partial charge on any atom is -0.497 e. The lowest BCUT2D eigenvalue weighted by Crippen LogP contribution is -2.37. The summed E-state index contributed by atoms with van der Waals surface area (Å²) >= 11 is 0. The first-order valence-electron chi connectivity index (χ1n) is 10.4. The van der Waals surface area contributed by atoms with E-state index >= 15 is 0 Å². The van der Waals surface area contributed by atoms with Gasteiger partial charge in [-0.25, -0.2) is 4.98 Å². The number of nitrogens with one attached hydrogen (secondary N) is 1. The van der Waals surface area contributed by atoms with E-state index in [1.165, 1.54) is 19.3 Å². The zero-order valence-electron chi connectivity index (χ0n) is 17.4. The predicted octanol–water partition coefficient (Wildman–Crippen LogP) is 4.64. The van der Waals surface area contributed by atoms with Crippen molar-refractivity contribution in [3.8, 4) is 11.5 Å². The van der Waals surface area contributed by atoms with Gasteiger partial charge < -0.3 is 19.7 Å². The number of para-hydroxylation sites is 1. The van der Waals surface area contributed by atoms with E-state index in [2.05, 4.69) is 29.3 Å². The molecule has 1 saturated heterocycles. The second-order valence-electron chi connectivity index (χ2n) is 7.60. The number of amides is 1. The summed E-state index contributed by atoms with van der Waals surface area (Å²) in [5.41, 5.74) is 1.45. The van der Waals surface area contributed by atoms with Gasteiger partial charge in [-0.3, -0.25) is 4.79 Å². The third-order valence-electron chi connectivity index (χ3n) is 5.48. The van der Waals surface area contributed by atoms with Gasteiger partial charge in [0.2, 0.25) is 0 Å². The van der Waals surface area contributed by atoms with Gasteiger partial charge in [0.1, 0.15) is 22.8 Å². The maximum Gasteiger partial charge on any atom is 0.262 e. The summed E-state index contributed by atoms with van der Waals surface area (Å²) in [6.45, 7) is 3.17. The number of hydrogen-bond donors (Lipinski definition) is 1. The molecule has 0 spiro atoms. The molecule has 1 aliphatic rings. The van der Waals surface area contributed by atoms with E-state index in [1.807, 2.05) is 36.4 Å². The average Bonchev–Trinajstić information content (AvgIpc) is 2.78. The van der Waals surface area contributed by atoms with E-state index in [0.29, 0.717) is 23.2 Å². The highest BCUT2D eigenvalue weighted by Crippen LogP contribution is 2.29. The molecule has 0 saturated carbocycles. The summed E-state index contributed by atoms with van der Waals surface area (Å²) in [6.07, 6.45) is 3.64. The summed E-state index contributed by atoms with van der Waals surface area (Å²) < 4.78 is 11.0. The van der Waals surface area contributed by atoms with Gasteiger partial charge in [-0.15, -0.1) is 0 Å². The molecule has 1 N–H and O–H groups in total. The van der Waals surface area contributed by atoms with E-state index in [0.717, 1.165) is 23.3 Å². The van der Waals surface area contributed by atoms with Crippen molar-refractivity contribution in [1.82, 2.24) is 4.98 Å². The highest BCUT2D eigenvalue weighted by molar-refractivity contribution is 5.92. The van der Waals surface area contributed by atoms with Gasteiger partial charge in [0, 0.05) is 29.7 Å². The molecule has 1 aromatic heterocycles. The first-order chi connectivity index (χ1) is 14.6. The molecule has 1 unspecified atom stereocenters. The molecule has 4 rings (SSSR count). The smallest absolute Gasteiger partial charge is 0.262 e. The number of methoxy groups -OCH3 is 1. The SMILES string of the molecule is COc1cccc(NC(=O)COc2cccc3ccc(N4CCCCC4C)nc23)c1. The molecule has 156 valence electrons. The van der Waals surface area contributed by atoms with Crippen molar-refractivity contribution in [1.29, 1.82) is 0 Å². The van der Waals surface area contributed by atoms with Crippen LogP contribution in [0.5, 0.6) is 11.5 Å². The molecule has 0 aliphatic carbocycles. The third-order valence-corrected chi connectivity index (χ3v) is 5.48.